The molecule has 0 aromatic heterocycles. The molecule has 2 aliphatic rings. The summed E-state index contributed by atoms with van der Waals surface area (Å²) in [6.45, 7) is 5.08. The van der Waals surface area contributed by atoms with Crippen molar-refractivity contribution in [3.8, 4) is 0 Å². The van der Waals surface area contributed by atoms with Gasteiger partial charge in [-0.1, -0.05) is 30.3 Å². The summed E-state index contributed by atoms with van der Waals surface area (Å²) in [5, 5.41) is 0. The molecule has 0 N–H and O–H groups in total. The van der Waals surface area contributed by atoms with Crippen molar-refractivity contribution in [2.45, 2.75) is 32.1 Å². The molecule has 0 saturated heterocycles. The highest BCUT2D eigenvalue weighted by Crippen LogP contribution is 2.59. The molecule has 20 heavy (non-hydrogen) atoms. The number of Topliss-reactive ketones (excluding diaryl/α,β-unsaturated/α-hetero) is 1. The van der Waals surface area contributed by atoms with Crippen molar-refractivity contribution in [1.82, 2.24) is 0 Å². The molecule has 0 aliphatic heterocycles. The van der Waals surface area contributed by atoms with Gasteiger partial charge in [0.1, 0.15) is 11.2 Å². The van der Waals surface area contributed by atoms with Crippen LogP contribution in [0.5, 0.6) is 0 Å². The van der Waals surface area contributed by atoms with Crippen molar-refractivity contribution in [2.24, 2.45) is 5.92 Å². The van der Waals surface area contributed by atoms with Gasteiger partial charge in [0, 0.05) is 12.8 Å². The summed E-state index contributed by atoms with van der Waals surface area (Å²) in [6.07, 6.45) is 1.44. The number of allylic oxidation sites excluding steroid dienone is 2. The van der Waals surface area contributed by atoms with Crippen LogP contribution in [0.3, 0.4) is 0 Å². The molecule has 0 spiro atoms. The molecule has 3 rings (SSSR count). The van der Waals surface area contributed by atoms with Crippen molar-refractivity contribution in [1.29, 1.82) is 0 Å². The lowest BCUT2D eigenvalue weighted by Gasteiger charge is -2.44. The van der Waals surface area contributed by atoms with E-state index < -0.39 is 5.41 Å². The molecule has 0 heterocycles. The summed E-state index contributed by atoms with van der Waals surface area (Å²) < 4.78 is 11.6. The number of carbonyl (C=O) groups is 1. The van der Waals surface area contributed by atoms with Crippen LogP contribution in [0.15, 0.2) is 41.9 Å². The molecular weight excluding hydrogens is 252 g/mol. The van der Waals surface area contributed by atoms with Crippen molar-refractivity contribution in [2.75, 3.05) is 13.2 Å². The average molecular weight is 272 g/mol. The fourth-order valence-corrected chi connectivity index (χ4v) is 3.57. The SMILES string of the molecule is CCOC1=C(OCC)[C@]2(c3ccccc3)C(=O)C[C@@H]2C1. The molecule has 3 nitrogen and oxygen atoms in total. The van der Waals surface area contributed by atoms with Crippen molar-refractivity contribution >= 4 is 5.78 Å². The Morgan fingerprint density at radius 3 is 2.40 bits per heavy atom. The van der Waals surface area contributed by atoms with E-state index in [1.54, 1.807) is 0 Å². The molecule has 1 aromatic carbocycles. The number of hydrogen-bond acceptors (Lipinski definition) is 3. The molecule has 2 atom stereocenters. The van der Waals surface area contributed by atoms with Gasteiger partial charge in [-0.3, -0.25) is 4.79 Å². The third kappa shape index (κ3) is 1.62. The molecule has 0 amide bonds. The summed E-state index contributed by atoms with van der Waals surface area (Å²) in [4.78, 5) is 12.5. The van der Waals surface area contributed by atoms with Gasteiger partial charge in [0.05, 0.1) is 13.2 Å². The summed E-state index contributed by atoms with van der Waals surface area (Å²) in [5.74, 6) is 2.18. The topological polar surface area (TPSA) is 35.5 Å². The number of hydrogen-bond donors (Lipinski definition) is 0. The Hall–Kier alpha value is -1.77. The molecular formula is C17H20O3. The Morgan fingerprint density at radius 1 is 1.10 bits per heavy atom. The van der Waals surface area contributed by atoms with E-state index in [9.17, 15) is 4.79 Å². The first-order valence-corrected chi connectivity index (χ1v) is 7.33. The monoisotopic (exact) mass is 272 g/mol. The molecule has 0 bridgehead atoms. The molecule has 1 fully saturated rings. The van der Waals surface area contributed by atoms with E-state index in [4.69, 9.17) is 9.47 Å². The predicted octanol–water partition coefficient (Wildman–Crippen LogP) is 3.20. The van der Waals surface area contributed by atoms with Gasteiger partial charge in [-0.15, -0.1) is 0 Å². The minimum Gasteiger partial charge on any atom is -0.495 e. The van der Waals surface area contributed by atoms with Crippen LogP contribution in [0.1, 0.15) is 32.3 Å². The molecule has 0 radical (unpaired) electrons. The molecule has 3 heteroatoms. The lowest BCUT2D eigenvalue weighted by Crippen LogP contribution is -2.52. The second-order valence-corrected chi connectivity index (χ2v) is 5.32. The number of fused-ring (bicyclic) bond motifs is 1. The van der Waals surface area contributed by atoms with Crippen molar-refractivity contribution in [3.63, 3.8) is 0 Å². The Labute approximate surface area is 119 Å². The number of ketones is 1. The first-order valence-electron chi connectivity index (χ1n) is 7.33. The average Bonchev–Trinajstić information content (AvgIpc) is 2.70. The van der Waals surface area contributed by atoms with Crippen molar-refractivity contribution in [3.05, 3.63) is 47.4 Å². The Balaban J connectivity index is 2.11. The quantitative estimate of drug-likeness (QED) is 0.825. The van der Waals surface area contributed by atoms with E-state index in [-0.39, 0.29) is 5.78 Å². The minimum atomic E-state index is -0.582. The zero-order chi connectivity index (χ0) is 14.2. The van der Waals surface area contributed by atoms with Gasteiger partial charge in [-0.05, 0) is 25.3 Å². The molecule has 1 aromatic rings. The molecule has 106 valence electrons. The second-order valence-electron chi connectivity index (χ2n) is 5.32. The number of ether oxygens (including phenoxy) is 2. The standard InChI is InChI=1S/C17H20O3/c1-3-19-14-10-13-11-15(18)17(13,16(14)20-4-2)12-8-6-5-7-9-12/h5-9,13H,3-4,10-11H2,1-2H3/t13-,17-/m0/s1. The summed E-state index contributed by atoms with van der Waals surface area (Å²) in [6, 6.07) is 9.99. The molecule has 2 aliphatic carbocycles. The van der Waals surface area contributed by atoms with Gasteiger partial charge < -0.3 is 9.47 Å². The van der Waals surface area contributed by atoms with Crippen LogP contribution in [0.25, 0.3) is 0 Å². The normalized spacial score (nSPS) is 28.1. The Bertz CT molecular complexity index is 547. The lowest BCUT2D eigenvalue weighted by atomic mass is 9.57. The largest absolute Gasteiger partial charge is 0.495 e. The Morgan fingerprint density at radius 2 is 1.80 bits per heavy atom. The summed E-state index contributed by atoms with van der Waals surface area (Å²) >= 11 is 0. The van der Waals surface area contributed by atoms with Crippen LogP contribution in [0.2, 0.25) is 0 Å². The lowest BCUT2D eigenvalue weighted by molar-refractivity contribution is -0.136. The summed E-state index contributed by atoms with van der Waals surface area (Å²) in [7, 11) is 0. The van der Waals surface area contributed by atoms with E-state index in [0.29, 0.717) is 25.6 Å². The van der Waals surface area contributed by atoms with Gasteiger partial charge in [0.25, 0.3) is 0 Å². The zero-order valence-electron chi connectivity index (χ0n) is 12.0. The van der Waals surface area contributed by atoms with Crippen LogP contribution in [0, 0.1) is 5.92 Å². The maximum atomic E-state index is 12.5. The van der Waals surface area contributed by atoms with Gasteiger partial charge in [0.15, 0.2) is 11.5 Å². The molecule has 0 unspecified atom stereocenters. The summed E-state index contributed by atoms with van der Waals surface area (Å²) in [5.41, 5.74) is 0.460. The fourth-order valence-electron chi connectivity index (χ4n) is 3.57. The highest BCUT2D eigenvalue weighted by Gasteiger charge is 2.64. The number of benzene rings is 1. The van der Waals surface area contributed by atoms with Crippen molar-refractivity contribution < 1.29 is 14.3 Å². The van der Waals surface area contributed by atoms with Crippen LogP contribution in [0.4, 0.5) is 0 Å². The maximum absolute atomic E-state index is 12.5. The highest BCUT2D eigenvalue weighted by molar-refractivity contribution is 6.01. The van der Waals surface area contributed by atoms with E-state index in [0.717, 1.165) is 23.5 Å². The minimum absolute atomic E-state index is 0.256. The van der Waals surface area contributed by atoms with Gasteiger partial charge in [0.2, 0.25) is 0 Å². The highest BCUT2D eigenvalue weighted by atomic mass is 16.5. The van der Waals surface area contributed by atoms with E-state index in [1.807, 2.05) is 44.2 Å². The third-order valence-electron chi connectivity index (χ3n) is 4.36. The van der Waals surface area contributed by atoms with Gasteiger partial charge in [-0.25, -0.2) is 0 Å². The zero-order valence-corrected chi connectivity index (χ0v) is 12.0. The molecule has 1 saturated carbocycles. The second kappa shape index (κ2) is 4.97. The predicted molar refractivity (Wildman–Crippen MR) is 76.1 cm³/mol. The first kappa shape index (κ1) is 13.2. The van der Waals surface area contributed by atoms with E-state index >= 15 is 0 Å². The van der Waals surface area contributed by atoms with Crippen LogP contribution >= 0.6 is 0 Å². The number of rotatable bonds is 5. The fraction of sp³-hybridized carbons (Fsp3) is 0.471. The van der Waals surface area contributed by atoms with E-state index in [1.165, 1.54) is 0 Å². The third-order valence-corrected chi connectivity index (χ3v) is 4.36. The van der Waals surface area contributed by atoms with Gasteiger partial charge >= 0.3 is 0 Å². The van der Waals surface area contributed by atoms with Crippen LogP contribution in [-0.4, -0.2) is 19.0 Å². The van der Waals surface area contributed by atoms with Crippen LogP contribution < -0.4 is 0 Å². The smallest absolute Gasteiger partial charge is 0.152 e. The number of carbonyl (C=O) groups excluding carboxylic acids is 1. The maximum Gasteiger partial charge on any atom is 0.152 e. The first-order chi connectivity index (χ1) is 9.75. The Kier molecular flexibility index (Phi) is 3.28. The van der Waals surface area contributed by atoms with E-state index in [2.05, 4.69) is 0 Å². The van der Waals surface area contributed by atoms with Crippen LogP contribution in [-0.2, 0) is 19.7 Å². The van der Waals surface area contributed by atoms with Gasteiger partial charge in [-0.2, -0.15) is 0 Å².